The van der Waals surface area contributed by atoms with Crippen molar-refractivity contribution in [3.05, 3.63) is 0 Å². The van der Waals surface area contributed by atoms with Gasteiger partial charge in [-0.15, -0.1) is 0 Å². The van der Waals surface area contributed by atoms with Gasteiger partial charge in [0, 0.05) is 10.8 Å². The molecule has 0 aliphatic rings. The second-order valence-corrected chi connectivity index (χ2v) is 6.13. The van der Waals surface area contributed by atoms with E-state index in [0.29, 0.717) is 0 Å². The molecule has 2 heteroatoms. The molecule has 0 saturated carbocycles. The third-order valence-corrected chi connectivity index (χ3v) is 3.03. The highest BCUT2D eigenvalue weighted by atomic mass is 16.1. The lowest BCUT2D eigenvalue weighted by Gasteiger charge is -2.17. The third kappa shape index (κ3) is 7.61. The van der Waals surface area contributed by atoms with Crippen molar-refractivity contribution in [2.24, 2.45) is 10.8 Å². The van der Waals surface area contributed by atoms with E-state index in [-0.39, 0.29) is 10.8 Å². The summed E-state index contributed by atoms with van der Waals surface area (Å²) in [6, 6.07) is 0. The molecule has 0 saturated heterocycles. The molecule has 0 aromatic heterocycles. The SMILES string of the molecule is CC(C)(C=O)CCCCCCC(C)(C)C=O. The van der Waals surface area contributed by atoms with Crippen LogP contribution in [0.15, 0.2) is 0 Å². The Morgan fingerprint density at radius 1 is 0.688 bits per heavy atom. The summed E-state index contributed by atoms with van der Waals surface area (Å²) in [5, 5.41) is 0. The van der Waals surface area contributed by atoms with Gasteiger partial charge in [0.15, 0.2) is 0 Å². The van der Waals surface area contributed by atoms with E-state index in [0.717, 1.165) is 51.1 Å². The van der Waals surface area contributed by atoms with E-state index in [4.69, 9.17) is 0 Å². The van der Waals surface area contributed by atoms with Gasteiger partial charge >= 0.3 is 0 Å². The number of hydrogen-bond donors (Lipinski definition) is 0. The van der Waals surface area contributed by atoms with E-state index in [1.165, 1.54) is 0 Å². The first kappa shape index (κ1) is 15.3. The number of hydrogen-bond acceptors (Lipinski definition) is 2. The first-order valence-electron chi connectivity index (χ1n) is 6.26. The Morgan fingerprint density at radius 3 is 1.25 bits per heavy atom. The zero-order chi connectivity index (χ0) is 12.7. The number of unbranched alkanes of at least 4 members (excludes halogenated alkanes) is 3. The first-order chi connectivity index (χ1) is 7.33. The fraction of sp³-hybridized carbons (Fsp3) is 0.857. The predicted octanol–water partition coefficient (Wildman–Crippen LogP) is 3.78. The van der Waals surface area contributed by atoms with E-state index < -0.39 is 0 Å². The van der Waals surface area contributed by atoms with Gasteiger partial charge in [-0.25, -0.2) is 0 Å². The van der Waals surface area contributed by atoms with Crippen LogP contribution in [0.5, 0.6) is 0 Å². The first-order valence-corrected chi connectivity index (χ1v) is 6.26. The van der Waals surface area contributed by atoms with E-state index in [2.05, 4.69) is 0 Å². The van der Waals surface area contributed by atoms with Crippen LogP contribution in [0.25, 0.3) is 0 Å². The minimum absolute atomic E-state index is 0.165. The summed E-state index contributed by atoms with van der Waals surface area (Å²) in [7, 11) is 0. The fourth-order valence-electron chi connectivity index (χ4n) is 1.63. The standard InChI is InChI=1S/C14H26O2/c1-13(2,11-15)9-7-5-6-8-10-14(3,4)12-16/h11-12H,5-10H2,1-4H3. The number of carbonyl (C=O) groups excluding carboxylic acids is 2. The van der Waals surface area contributed by atoms with Crippen LogP contribution in [0.4, 0.5) is 0 Å². The zero-order valence-electron chi connectivity index (χ0n) is 11.2. The second-order valence-electron chi connectivity index (χ2n) is 6.13. The molecule has 0 atom stereocenters. The van der Waals surface area contributed by atoms with E-state index >= 15 is 0 Å². The molecule has 0 aromatic rings. The van der Waals surface area contributed by atoms with Gasteiger partial charge < -0.3 is 9.59 Å². The van der Waals surface area contributed by atoms with Gasteiger partial charge in [0.25, 0.3) is 0 Å². The van der Waals surface area contributed by atoms with Gasteiger partial charge in [-0.3, -0.25) is 0 Å². The molecule has 0 spiro atoms. The molecule has 0 amide bonds. The maximum atomic E-state index is 10.7. The Labute approximate surface area is 99.8 Å². The van der Waals surface area contributed by atoms with Crippen LogP contribution in [0, 0.1) is 10.8 Å². The molecular weight excluding hydrogens is 200 g/mol. The summed E-state index contributed by atoms with van der Waals surface area (Å²) in [5.41, 5.74) is -0.329. The second kappa shape index (κ2) is 6.82. The Hall–Kier alpha value is -0.660. The Kier molecular flexibility index (Phi) is 6.54. The molecule has 0 aromatic carbocycles. The Bertz CT molecular complexity index is 193. The minimum Gasteiger partial charge on any atom is -0.303 e. The highest BCUT2D eigenvalue weighted by Gasteiger charge is 2.16. The van der Waals surface area contributed by atoms with Gasteiger partial charge in [-0.2, -0.15) is 0 Å². The van der Waals surface area contributed by atoms with E-state index in [9.17, 15) is 9.59 Å². The van der Waals surface area contributed by atoms with Crippen LogP contribution in [-0.4, -0.2) is 12.6 Å². The van der Waals surface area contributed by atoms with Crippen molar-refractivity contribution in [3.8, 4) is 0 Å². The molecule has 0 radical (unpaired) electrons. The summed E-state index contributed by atoms with van der Waals surface area (Å²) in [6.07, 6.45) is 8.55. The number of carbonyl (C=O) groups is 2. The third-order valence-electron chi connectivity index (χ3n) is 3.03. The molecule has 0 rings (SSSR count). The van der Waals surface area contributed by atoms with Crippen molar-refractivity contribution < 1.29 is 9.59 Å². The average Bonchev–Trinajstić information content (AvgIpc) is 2.23. The largest absolute Gasteiger partial charge is 0.303 e. The number of rotatable bonds is 9. The average molecular weight is 226 g/mol. The Balaban J connectivity index is 3.48. The van der Waals surface area contributed by atoms with Crippen molar-refractivity contribution in [2.75, 3.05) is 0 Å². The molecule has 16 heavy (non-hydrogen) atoms. The van der Waals surface area contributed by atoms with Crippen LogP contribution in [-0.2, 0) is 9.59 Å². The predicted molar refractivity (Wildman–Crippen MR) is 67.4 cm³/mol. The fourth-order valence-corrected chi connectivity index (χ4v) is 1.63. The lowest BCUT2D eigenvalue weighted by atomic mass is 9.86. The highest BCUT2D eigenvalue weighted by molar-refractivity contribution is 5.58. The van der Waals surface area contributed by atoms with Gasteiger partial charge in [0.1, 0.15) is 12.6 Å². The lowest BCUT2D eigenvalue weighted by molar-refractivity contribution is -0.115. The Morgan fingerprint density at radius 2 is 1.00 bits per heavy atom. The van der Waals surface area contributed by atoms with Gasteiger partial charge in [0.05, 0.1) is 0 Å². The molecule has 0 bridgehead atoms. The molecule has 0 fully saturated rings. The van der Waals surface area contributed by atoms with Crippen LogP contribution >= 0.6 is 0 Å². The van der Waals surface area contributed by atoms with Crippen molar-refractivity contribution in [2.45, 2.75) is 66.2 Å². The summed E-state index contributed by atoms with van der Waals surface area (Å²) in [4.78, 5) is 21.4. The minimum atomic E-state index is -0.165. The quantitative estimate of drug-likeness (QED) is 0.443. The van der Waals surface area contributed by atoms with Crippen LogP contribution in [0.2, 0.25) is 0 Å². The number of aldehydes is 2. The monoisotopic (exact) mass is 226 g/mol. The summed E-state index contributed by atoms with van der Waals surface area (Å²) >= 11 is 0. The van der Waals surface area contributed by atoms with Gasteiger partial charge in [0.2, 0.25) is 0 Å². The molecule has 0 heterocycles. The van der Waals surface area contributed by atoms with Crippen molar-refractivity contribution in [3.63, 3.8) is 0 Å². The van der Waals surface area contributed by atoms with E-state index in [1.807, 2.05) is 27.7 Å². The molecular formula is C14H26O2. The summed E-state index contributed by atoms with van der Waals surface area (Å²) in [5.74, 6) is 0. The topological polar surface area (TPSA) is 34.1 Å². The van der Waals surface area contributed by atoms with Crippen molar-refractivity contribution in [1.82, 2.24) is 0 Å². The van der Waals surface area contributed by atoms with E-state index in [1.54, 1.807) is 0 Å². The molecule has 94 valence electrons. The summed E-state index contributed by atoms with van der Waals surface area (Å²) in [6.45, 7) is 7.93. The molecule has 0 aliphatic carbocycles. The lowest BCUT2D eigenvalue weighted by Crippen LogP contribution is -2.13. The van der Waals surface area contributed by atoms with Gasteiger partial charge in [-0.1, -0.05) is 53.4 Å². The van der Waals surface area contributed by atoms with Crippen molar-refractivity contribution in [1.29, 1.82) is 0 Å². The highest BCUT2D eigenvalue weighted by Crippen LogP contribution is 2.23. The molecule has 0 aliphatic heterocycles. The molecule has 2 nitrogen and oxygen atoms in total. The molecule has 0 N–H and O–H groups in total. The smallest absolute Gasteiger partial charge is 0.125 e. The maximum absolute atomic E-state index is 10.7. The molecule has 0 unspecified atom stereocenters. The van der Waals surface area contributed by atoms with Crippen LogP contribution in [0.3, 0.4) is 0 Å². The zero-order valence-corrected chi connectivity index (χ0v) is 11.2. The van der Waals surface area contributed by atoms with Gasteiger partial charge in [-0.05, 0) is 12.8 Å². The summed E-state index contributed by atoms with van der Waals surface area (Å²) < 4.78 is 0. The van der Waals surface area contributed by atoms with Crippen molar-refractivity contribution >= 4 is 12.6 Å². The van der Waals surface area contributed by atoms with Crippen LogP contribution in [0.1, 0.15) is 66.2 Å². The maximum Gasteiger partial charge on any atom is 0.125 e. The normalized spacial score (nSPS) is 12.5. The van der Waals surface area contributed by atoms with Crippen LogP contribution < -0.4 is 0 Å².